The fraction of sp³-hybridized carbons (Fsp3) is 0.765. The maximum absolute atomic E-state index is 12.7. The summed E-state index contributed by atoms with van der Waals surface area (Å²) in [5.74, 6) is 0.678. The minimum atomic E-state index is -0.209. The molecule has 2 N–H and O–H groups in total. The Morgan fingerprint density at radius 3 is 2.55 bits per heavy atom. The van der Waals surface area contributed by atoms with Gasteiger partial charge in [0.1, 0.15) is 0 Å². The number of aryl methyl sites for hydroxylation is 1. The highest BCUT2D eigenvalue weighted by Crippen LogP contribution is 2.38. The Morgan fingerprint density at radius 2 is 2.00 bits per heavy atom. The van der Waals surface area contributed by atoms with Gasteiger partial charge in [0.25, 0.3) is 0 Å². The third kappa shape index (κ3) is 3.51. The minimum absolute atomic E-state index is 0.00662. The van der Waals surface area contributed by atoms with Gasteiger partial charge in [0, 0.05) is 24.7 Å². The van der Waals surface area contributed by atoms with Crippen molar-refractivity contribution in [2.75, 3.05) is 0 Å². The van der Waals surface area contributed by atoms with Gasteiger partial charge in [-0.25, -0.2) is 0 Å². The van der Waals surface area contributed by atoms with Gasteiger partial charge in [0.05, 0.1) is 18.3 Å². The largest absolute Gasteiger partial charge is 0.393 e. The van der Waals surface area contributed by atoms with Crippen LogP contribution in [0.2, 0.25) is 0 Å². The van der Waals surface area contributed by atoms with Gasteiger partial charge in [-0.1, -0.05) is 25.7 Å². The van der Waals surface area contributed by atoms with Gasteiger partial charge in [0.15, 0.2) is 0 Å². The maximum atomic E-state index is 12.7. The fourth-order valence-electron chi connectivity index (χ4n) is 3.79. The number of carbonyl (C=O) groups is 1. The van der Waals surface area contributed by atoms with E-state index in [9.17, 15) is 9.90 Å². The first-order chi connectivity index (χ1) is 10.6. The number of carbonyl (C=O) groups excluding carboxylic acids is 1. The van der Waals surface area contributed by atoms with Gasteiger partial charge >= 0.3 is 0 Å². The summed E-state index contributed by atoms with van der Waals surface area (Å²) in [6.45, 7) is 0. The van der Waals surface area contributed by atoms with Gasteiger partial charge in [-0.3, -0.25) is 9.48 Å². The highest BCUT2D eigenvalue weighted by molar-refractivity contribution is 5.79. The fourth-order valence-corrected chi connectivity index (χ4v) is 3.79. The molecular weight excluding hydrogens is 278 g/mol. The van der Waals surface area contributed by atoms with Crippen LogP contribution in [0.3, 0.4) is 0 Å². The number of nitrogens with zero attached hydrogens (tertiary/aromatic N) is 2. The van der Waals surface area contributed by atoms with E-state index in [4.69, 9.17) is 0 Å². The highest BCUT2D eigenvalue weighted by atomic mass is 16.3. The summed E-state index contributed by atoms with van der Waals surface area (Å²) in [5.41, 5.74) is 1.06. The van der Waals surface area contributed by atoms with Crippen molar-refractivity contribution in [1.29, 1.82) is 0 Å². The third-order valence-corrected chi connectivity index (χ3v) is 5.23. The predicted molar refractivity (Wildman–Crippen MR) is 84.0 cm³/mol. The molecule has 2 saturated carbocycles. The average Bonchev–Trinajstić information content (AvgIpc) is 2.74. The highest BCUT2D eigenvalue weighted by Gasteiger charge is 2.37. The van der Waals surface area contributed by atoms with E-state index in [1.807, 2.05) is 19.4 Å². The molecule has 1 heterocycles. The van der Waals surface area contributed by atoms with Gasteiger partial charge in [-0.05, 0) is 31.6 Å². The monoisotopic (exact) mass is 305 g/mol. The predicted octanol–water partition coefficient (Wildman–Crippen LogP) is 2.32. The molecule has 2 aliphatic rings. The zero-order valence-electron chi connectivity index (χ0n) is 13.4. The molecule has 1 amide bonds. The average molecular weight is 305 g/mol. The molecule has 0 unspecified atom stereocenters. The molecule has 0 saturated heterocycles. The van der Waals surface area contributed by atoms with Crippen LogP contribution in [0, 0.1) is 11.8 Å². The normalized spacial score (nSPS) is 27.7. The molecule has 1 atom stereocenters. The van der Waals surface area contributed by atoms with Crippen LogP contribution in [-0.2, 0) is 11.8 Å². The number of hydrogen-bond donors (Lipinski definition) is 2. The number of hydrogen-bond acceptors (Lipinski definition) is 3. The second kappa shape index (κ2) is 6.82. The molecule has 122 valence electrons. The van der Waals surface area contributed by atoms with E-state index in [0.29, 0.717) is 5.92 Å². The van der Waals surface area contributed by atoms with E-state index in [1.54, 1.807) is 4.68 Å². The lowest BCUT2D eigenvalue weighted by Crippen LogP contribution is -2.43. The van der Waals surface area contributed by atoms with Crippen molar-refractivity contribution >= 4 is 5.91 Å². The third-order valence-electron chi connectivity index (χ3n) is 5.23. The molecule has 0 aliphatic heterocycles. The molecule has 1 aromatic heterocycles. The van der Waals surface area contributed by atoms with E-state index in [2.05, 4.69) is 10.4 Å². The van der Waals surface area contributed by atoms with Crippen LogP contribution >= 0.6 is 0 Å². The second-order valence-electron chi connectivity index (χ2n) is 7.01. The summed E-state index contributed by atoms with van der Waals surface area (Å²) >= 11 is 0. The molecule has 2 fully saturated rings. The number of aromatic nitrogens is 2. The van der Waals surface area contributed by atoms with Crippen molar-refractivity contribution in [3.8, 4) is 0 Å². The lowest BCUT2D eigenvalue weighted by atomic mass is 9.75. The Kier molecular flexibility index (Phi) is 4.81. The quantitative estimate of drug-likeness (QED) is 0.839. The molecule has 1 aromatic rings. The molecule has 5 heteroatoms. The number of aliphatic hydroxyl groups is 1. The van der Waals surface area contributed by atoms with Gasteiger partial charge in [0.2, 0.25) is 5.91 Å². The summed E-state index contributed by atoms with van der Waals surface area (Å²) in [6.07, 6.45) is 12.0. The van der Waals surface area contributed by atoms with Crippen molar-refractivity contribution < 1.29 is 9.90 Å². The van der Waals surface area contributed by atoms with Crippen LogP contribution in [0.25, 0.3) is 0 Å². The van der Waals surface area contributed by atoms with Crippen molar-refractivity contribution in [3.05, 3.63) is 18.0 Å². The zero-order chi connectivity index (χ0) is 15.5. The smallest absolute Gasteiger partial charge is 0.223 e. The Hall–Kier alpha value is -1.36. The molecule has 2 aliphatic carbocycles. The lowest BCUT2D eigenvalue weighted by molar-refractivity contribution is -0.127. The lowest BCUT2D eigenvalue weighted by Gasteiger charge is -2.38. The second-order valence-corrected chi connectivity index (χ2v) is 7.01. The molecule has 0 bridgehead atoms. The van der Waals surface area contributed by atoms with Crippen molar-refractivity contribution in [2.45, 2.75) is 63.5 Å². The molecule has 5 nitrogen and oxygen atoms in total. The SMILES string of the molecule is Cn1cc([C@H](NC(=O)C2CCCCCC2)C2CC(O)C2)cn1. The number of amides is 1. The number of nitrogens with one attached hydrogen (secondary N) is 1. The van der Waals surface area contributed by atoms with Crippen LogP contribution in [0.4, 0.5) is 0 Å². The standard InChI is InChI=1S/C17H27N3O2/c1-20-11-14(10-18-20)16(13-8-15(21)9-13)19-17(22)12-6-4-2-3-5-7-12/h10-13,15-16,21H,2-9H2,1H3,(H,19,22)/t13?,15?,16-/m1/s1. The van der Waals surface area contributed by atoms with Crippen molar-refractivity contribution in [3.63, 3.8) is 0 Å². The Balaban J connectivity index is 1.67. The number of aliphatic hydroxyl groups excluding tert-OH is 1. The first-order valence-corrected chi connectivity index (χ1v) is 8.60. The first-order valence-electron chi connectivity index (χ1n) is 8.60. The molecule has 0 aromatic carbocycles. The summed E-state index contributed by atoms with van der Waals surface area (Å²) in [7, 11) is 1.89. The maximum Gasteiger partial charge on any atom is 0.223 e. The van der Waals surface area contributed by atoms with E-state index in [-0.39, 0.29) is 24.0 Å². The van der Waals surface area contributed by atoms with E-state index >= 15 is 0 Å². The Bertz CT molecular complexity index is 500. The minimum Gasteiger partial charge on any atom is -0.393 e. The van der Waals surface area contributed by atoms with E-state index in [1.165, 1.54) is 12.8 Å². The van der Waals surface area contributed by atoms with Crippen LogP contribution in [0.5, 0.6) is 0 Å². The topological polar surface area (TPSA) is 67.2 Å². The summed E-state index contributed by atoms with van der Waals surface area (Å²) in [6, 6.07) is -0.00662. The van der Waals surface area contributed by atoms with Crippen LogP contribution < -0.4 is 5.32 Å². The summed E-state index contributed by atoms with van der Waals surface area (Å²) in [5, 5.41) is 17.1. The molecule has 22 heavy (non-hydrogen) atoms. The van der Waals surface area contributed by atoms with E-state index in [0.717, 1.165) is 44.1 Å². The van der Waals surface area contributed by atoms with Gasteiger partial charge in [-0.15, -0.1) is 0 Å². The van der Waals surface area contributed by atoms with Crippen LogP contribution in [0.15, 0.2) is 12.4 Å². The van der Waals surface area contributed by atoms with Crippen LogP contribution in [0.1, 0.15) is 63.0 Å². The first kappa shape index (κ1) is 15.5. The Morgan fingerprint density at radius 1 is 1.32 bits per heavy atom. The molecule has 0 spiro atoms. The van der Waals surface area contributed by atoms with Gasteiger partial charge < -0.3 is 10.4 Å². The molecule has 3 rings (SSSR count). The van der Waals surface area contributed by atoms with Crippen molar-refractivity contribution in [2.24, 2.45) is 18.9 Å². The van der Waals surface area contributed by atoms with E-state index < -0.39 is 0 Å². The van der Waals surface area contributed by atoms with Gasteiger partial charge in [-0.2, -0.15) is 5.10 Å². The molecule has 0 radical (unpaired) electrons. The Labute approximate surface area is 132 Å². The summed E-state index contributed by atoms with van der Waals surface area (Å²) < 4.78 is 1.77. The van der Waals surface area contributed by atoms with Crippen LogP contribution in [-0.4, -0.2) is 26.9 Å². The molecular formula is C17H27N3O2. The zero-order valence-corrected chi connectivity index (χ0v) is 13.4. The number of rotatable bonds is 4. The van der Waals surface area contributed by atoms with Crippen molar-refractivity contribution in [1.82, 2.24) is 15.1 Å². The summed E-state index contributed by atoms with van der Waals surface area (Å²) in [4.78, 5) is 12.7.